The molecular formula is C15H27N5O2. The third-order valence-corrected chi connectivity index (χ3v) is 4.68. The van der Waals surface area contributed by atoms with Gasteiger partial charge in [0.25, 0.3) is 0 Å². The first-order valence-corrected chi connectivity index (χ1v) is 8.28. The molecule has 3 heterocycles. The predicted molar refractivity (Wildman–Crippen MR) is 82.3 cm³/mol. The van der Waals surface area contributed by atoms with Crippen molar-refractivity contribution in [3.63, 3.8) is 0 Å². The largest absolute Gasteiger partial charge is 0.395 e. The molecule has 1 aromatic heterocycles. The number of rotatable bonds is 6. The van der Waals surface area contributed by atoms with Gasteiger partial charge in [-0.3, -0.25) is 14.5 Å². The molecular weight excluding hydrogens is 282 g/mol. The molecule has 1 aromatic rings. The van der Waals surface area contributed by atoms with Gasteiger partial charge in [-0.2, -0.15) is 0 Å². The van der Waals surface area contributed by atoms with Crippen LogP contribution in [0.1, 0.15) is 19.0 Å². The molecule has 0 aliphatic carbocycles. The summed E-state index contributed by atoms with van der Waals surface area (Å²) in [5, 5.41) is 17.6. The first-order valence-electron chi connectivity index (χ1n) is 8.28. The lowest BCUT2D eigenvalue weighted by molar-refractivity contribution is 0.0641. The molecule has 2 aliphatic rings. The van der Waals surface area contributed by atoms with Gasteiger partial charge in [-0.15, -0.1) is 5.10 Å². The maximum absolute atomic E-state index is 9.07. The number of β-amino-alcohol motifs (C(OH)–C–C–N with tert-alkyl or cyclic N) is 1. The van der Waals surface area contributed by atoms with Crippen LogP contribution in [0.3, 0.4) is 0 Å². The molecule has 7 nitrogen and oxygen atoms in total. The molecule has 2 atom stereocenters. The Morgan fingerprint density at radius 3 is 3.05 bits per heavy atom. The van der Waals surface area contributed by atoms with Gasteiger partial charge in [0.2, 0.25) is 0 Å². The normalized spacial score (nSPS) is 27.5. The van der Waals surface area contributed by atoms with Gasteiger partial charge in [-0.25, -0.2) is 0 Å². The highest BCUT2D eigenvalue weighted by molar-refractivity contribution is 4.94. The fourth-order valence-corrected chi connectivity index (χ4v) is 3.40. The third kappa shape index (κ3) is 4.04. The molecule has 0 bridgehead atoms. The Balaban J connectivity index is 1.48. The average Bonchev–Trinajstić information content (AvgIpc) is 3.15. The number of aliphatic hydroxyl groups is 1. The Morgan fingerprint density at radius 1 is 1.41 bits per heavy atom. The van der Waals surface area contributed by atoms with Crippen LogP contribution in [0.2, 0.25) is 0 Å². The van der Waals surface area contributed by atoms with Crippen LogP contribution in [-0.4, -0.2) is 81.9 Å². The standard InChI is InChI=1S/C15H27N5O2/c1-13-8-18(3-4-19(13)5-6-21)10-15-11-20(17-16-15)9-14-2-7-22-12-14/h11,13-14,21H,2-10,12H2,1H3. The van der Waals surface area contributed by atoms with E-state index < -0.39 is 0 Å². The Hall–Kier alpha value is -1.02. The Bertz CT molecular complexity index is 461. The number of aromatic nitrogens is 3. The Morgan fingerprint density at radius 2 is 2.32 bits per heavy atom. The van der Waals surface area contributed by atoms with Gasteiger partial charge >= 0.3 is 0 Å². The second-order valence-electron chi connectivity index (χ2n) is 6.51. The highest BCUT2D eigenvalue weighted by atomic mass is 16.5. The van der Waals surface area contributed by atoms with Crippen LogP contribution in [0.15, 0.2) is 6.20 Å². The lowest BCUT2D eigenvalue weighted by atomic mass is 10.1. The van der Waals surface area contributed by atoms with Crippen LogP contribution in [0.5, 0.6) is 0 Å². The van der Waals surface area contributed by atoms with E-state index in [1.54, 1.807) is 0 Å². The van der Waals surface area contributed by atoms with Gasteiger partial charge in [0.1, 0.15) is 0 Å². The molecule has 2 saturated heterocycles. The van der Waals surface area contributed by atoms with Crippen molar-refractivity contribution in [3.05, 3.63) is 11.9 Å². The lowest BCUT2D eigenvalue weighted by Gasteiger charge is -2.39. The minimum atomic E-state index is 0.240. The number of piperazine rings is 1. The third-order valence-electron chi connectivity index (χ3n) is 4.68. The summed E-state index contributed by atoms with van der Waals surface area (Å²) in [6, 6.07) is 0.478. The van der Waals surface area contributed by atoms with Gasteiger partial charge in [-0.05, 0) is 13.3 Å². The van der Waals surface area contributed by atoms with E-state index in [2.05, 4.69) is 33.2 Å². The summed E-state index contributed by atoms with van der Waals surface area (Å²) >= 11 is 0. The summed E-state index contributed by atoms with van der Waals surface area (Å²) in [7, 11) is 0. The first kappa shape index (κ1) is 15.9. The number of nitrogens with zero attached hydrogens (tertiary/aromatic N) is 5. The molecule has 7 heteroatoms. The monoisotopic (exact) mass is 309 g/mol. The van der Waals surface area contributed by atoms with E-state index >= 15 is 0 Å². The van der Waals surface area contributed by atoms with E-state index in [0.717, 1.165) is 64.6 Å². The first-order chi connectivity index (χ1) is 10.7. The van der Waals surface area contributed by atoms with Crippen LogP contribution in [0.25, 0.3) is 0 Å². The summed E-state index contributed by atoms with van der Waals surface area (Å²) in [5.74, 6) is 0.580. The summed E-state index contributed by atoms with van der Waals surface area (Å²) < 4.78 is 7.37. The van der Waals surface area contributed by atoms with Gasteiger partial charge in [0.15, 0.2) is 0 Å². The van der Waals surface area contributed by atoms with E-state index in [-0.39, 0.29) is 6.61 Å². The molecule has 1 N–H and O–H groups in total. The smallest absolute Gasteiger partial charge is 0.0967 e. The number of hydrogen-bond donors (Lipinski definition) is 1. The van der Waals surface area contributed by atoms with Crippen molar-refractivity contribution in [1.29, 1.82) is 0 Å². The molecule has 124 valence electrons. The Kier molecular flexibility index (Phi) is 5.41. The van der Waals surface area contributed by atoms with Crippen molar-refractivity contribution in [2.75, 3.05) is 46.0 Å². The highest BCUT2D eigenvalue weighted by Crippen LogP contribution is 2.15. The van der Waals surface area contributed by atoms with E-state index in [4.69, 9.17) is 9.84 Å². The summed E-state index contributed by atoms with van der Waals surface area (Å²) in [6.45, 7) is 9.77. The predicted octanol–water partition coefficient (Wildman–Crippen LogP) is -0.187. The maximum atomic E-state index is 9.07. The van der Waals surface area contributed by atoms with Gasteiger partial charge in [-0.1, -0.05) is 5.21 Å². The zero-order chi connectivity index (χ0) is 15.4. The molecule has 0 amide bonds. The minimum absolute atomic E-state index is 0.240. The summed E-state index contributed by atoms with van der Waals surface area (Å²) in [5.41, 5.74) is 1.04. The van der Waals surface area contributed by atoms with Crippen LogP contribution in [0, 0.1) is 5.92 Å². The molecule has 22 heavy (non-hydrogen) atoms. The topological polar surface area (TPSA) is 66.7 Å². The zero-order valence-electron chi connectivity index (χ0n) is 13.4. The molecule has 0 aromatic carbocycles. The average molecular weight is 309 g/mol. The van der Waals surface area contributed by atoms with E-state index in [9.17, 15) is 0 Å². The molecule has 2 aliphatic heterocycles. The molecule has 0 radical (unpaired) electrons. The van der Waals surface area contributed by atoms with Crippen molar-refractivity contribution in [1.82, 2.24) is 24.8 Å². The zero-order valence-corrected chi connectivity index (χ0v) is 13.4. The molecule has 0 saturated carbocycles. The maximum Gasteiger partial charge on any atom is 0.0967 e. The second kappa shape index (κ2) is 7.50. The van der Waals surface area contributed by atoms with Crippen molar-refractivity contribution < 1.29 is 9.84 Å². The second-order valence-corrected chi connectivity index (χ2v) is 6.51. The molecule has 2 unspecified atom stereocenters. The molecule has 2 fully saturated rings. The van der Waals surface area contributed by atoms with Gasteiger partial charge in [0.05, 0.1) is 18.9 Å². The molecule has 3 rings (SSSR count). The van der Waals surface area contributed by atoms with Crippen LogP contribution in [-0.2, 0) is 17.8 Å². The van der Waals surface area contributed by atoms with Crippen molar-refractivity contribution >= 4 is 0 Å². The number of ether oxygens (including phenoxy) is 1. The van der Waals surface area contributed by atoms with Crippen molar-refractivity contribution in [3.8, 4) is 0 Å². The number of hydrogen-bond acceptors (Lipinski definition) is 6. The van der Waals surface area contributed by atoms with Crippen LogP contribution in [0.4, 0.5) is 0 Å². The Labute approximate surface area is 131 Å². The SMILES string of the molecule is CC1CN(Cc2cn(CC3CCOC3)nn2)CCN1CCO. The quantitative estimate of drug-likeness (QED) is 0.786. The highest BCUT2D eigenvalue weighted by Gasteiger charge is 2.24. The van der Waals surface area contributed by atoms with Crippen molar-refractivity contribution in [2.45, 2.75) is 32.5 Å². The minimum Gasteiger partial charge on any atom is -0.395 e. The lowest BCUT2D eigenvalue weighted by Crippen LogP contribution is -2.52. The van der Waals surface area contributed by atoms with Crippen molar-refractivity contribution in [2.24, 2.45) is 5.92 Å². The summed E-state index contributed by atoms with van der Waals surface area (Å²) in [4.78, 5) is 4.76. The fourth-order valence-electron chi connectivity index (χ4n) is 3.40. The number of aliphatic hydroxyl groups excluding tert-OH is 1. The van der Waals surface area contributed by atoms with E-state index in [1.807, 2.05) is 4.68 Å². The molecule has 0 spiro atoms. The van der Waals surface area contributed by atoms with Gasteiger partial charge in [0, 0.05) is 64.0 Å². The van der Waals surface area contributed by atoms with Crippen LogP contribution < -0.4 is 0 Å². The van der Waals surface area contributed by atoms with E-state index in [1.165, 1.54) is 0 Å². The van der Waals surface area contributed by atoms with Crippen LogP contribution >= 0.6 is 0 Å². The summed E-state index contributed by atoms with van der Waals surface area (Å²) in [6.07, 6.45) is 3.20. The van der Waals surface area contributed by atoms with Gasteiger partial charge < -0.3 is 9.84 Å². The van der Waals surface area contributed by atoms with E-state index in [0.29, 0.717) is 12.0 Å². The fraction of sp³-hybridized carbons (Fsp3) is 0.867.